The van der Waals surface area contributed by atoms with Gasteiger partial charge in [0, 0.05) is 7.05 Å². The van der Waals surface area contributed by atoms with E-state index in [0.717, 1.165) is 25.8 Å². The number of likely N-dealkylation sites (N-methyl/N-ethyl adjacent to an activating group) is 1. The van der Waals surface area contributed by atoms with Gasteiger partial charge in [-0.1, -0.05) is 12.8 Å². The van der Waals surface area contributed by atoms with E-state index in [0.29, 0.717) is 11.8 Å². The van der Waals surface area contributed by atoms with Gasteiger partial charge in [0.05, 0.1) is 12.6 Å². The molecular formula is C19H29N3O3. The van der Waals surface area contributed by atoms with E-state index in [2.05, 4.69) is 5.32 Å². The summed E-state index contributed by atoms with van der Waals surface area (Å²) in [5, 5.41) is 3.16. The first-order chi connectivity index (χ1) is 11.9. The summed E-state index contributed by atoms with van der Waals surface area (Å²) in [6, 6.07) is -0.510. The quantitative estimate of drug-likeness (QED) is 0.787. The van der Waals surface area contributed by atoms with Crippen molar-refractivity contribution in [2.75, 3.05) is 20.1 Å². The maximum Gasteiger partial charge on any atom is 0.327 e. The summed E-state index contributed by atoms with van der Waals surface area (Å²) >= 11 is 0. The van der Waals surface area contributed by atoms with Crippen LogP contribution in [0.25, 0.3) is 0 Å². The molecule has 0 radical (unpaired) electrons. The molecule has 5 rings (SSSR count). The van der Waals surface area contributed by atoms with Gasteiger partial charge < -0.3 is 10.2 Å². The van der Waals surface area contributed by atoms with E-state index in [1.165, 1.54) is 30.6 Å². The first-order valence-electron chi connectivity index (χ1n) is 9.78. The van der Waals surface area contributed by atoms with E-state index < -0.39 is 5.54 Å². The molecule has 2 saturated heterocycles. The maximum atomic E-state index is 13.3. The van der Waals surface area contributed by atoms with Gasteiger partial charge in [-0.25, -0.2) is 4.79 Å². The zero-order chi connectivity index (χ0) is 17.8. The fourth-order valence-electron chi connectivity index (χ4n) is 5.72. The molecule has 1 unspecified atom stereocenters. The highest BCUT2D eigenvalue weighted by Crippen LogP contribution is 2.52. The minimum Gasteiger partial charge on any atom is -0.313 e. The number of Topliss-reactive ketones (excluding diaryl/α,β-unsaturated/α-hetero) is 1. The molecule has 5 fully saturated rings. The molecular weight excluding hydrogens is 318 g/mol. The molecule has 3 saturated carbocycles. The topological polar surface area (TPSA) is 69.7 Å². The molecule has 2 heterocycles. The molecule has 25 heavy (non-hydrogen) atoms. The Balaban J connectivity index is 1.54. The second-order valence-corrected chi connectivity index (χ2v) is 8.62. The number of nitrogens with zero attached hydrogens (tertiary/aromatic N) is 2. The third-order valence-corrected chi connectivity index (χ3v) is 7.43. The molecule has 5 aliphatic rings. The number of ketones is 1. The van der Waals surface area contributed by atoms with Crippen molar-refractivity contribution in [2.45, 2.75) is 63.5 Å². The molecule has 3 atom stereocenters. The van der Waals surface area contributed by atoms with Crippen LogP contribution in [0, 0.1) is 17.8 Å². The molecule has 3 amide bonds. The van der Waals surface area contributed by atoms with Crippen LogP contribution in [0.2, 0.25) is 0 Å². The Morgan fingerprint density at radius 1 is 1.20 bits per heavy atom. The van der Waals surface area contributed by atoms with Crippen molar-refractivity contribution in [3.8, 4) is 0 Å². The number of carbonyl (C=O) groups is 3. The number of rotatable bonds is 4. The van der Waals surface area contributed by atoms with Crippen molar-refractivity contribution in [1.29, 1.82) is 0 Å². The zero-order valence-electron chi connectivity index (χ0n) is 15.3. The lowest BCUT2D eigenvalue weighted by atomic mass is 9.59. The van der Waals surface area contributed by atoms with Gasteiger partial charge in [-0.05, 0) is 63.3 Å². The summed E-state index contributed by atoms with van der Waals surface area (Å²) in [4.78, 5) is 41.4. The highest BCUT2D eigenvalue weighted by molar-refractivity contribution is 6.09. The number of hydrogen-bond acceptors (Lipinski definition) is 4. The summed E-state index contributed by atoms with van der Waals surface area (Å²) in [5.41, 5.74) is -0.787. The minimum absolute atomic E-state index is 0.0398. The van der Waals surface area contributed by atoms with Crippen molar-refractivity contribution in [2.24, 2.45) is 17.8 Å². The molecule has 2 aliphatic heterocycles. The van der Waals surface area contributed by atoms with Gasteiger partial charge in [0.25, 0.3) is 5.91 Å². The Kier molecular flexibility index (Phi) is 4.13. The van der Waals surface area contributed by atoms with Crippen LogP contribution in [0.15, 0.2) is 0 Å². The lowest BCUT2D eigenvalue weighted by molar-refractivity contribution is -0.140. The highest BCUT2D eigenvalue weighted by Gasteiger charge is 2.60. The van der Waals surface area contributed by atoms with Crippen LogP contribution in [0.1, 0.15) is 51.9 Å². The van der Waals surface area contributed by atoms with E-state index in [-0.39, 0.29) is 36.2 Å². The number of amides is 3. The largest absolute Gasteiger partial charge is 0.327 e. The Bertz CT molecular complexity index is 593. The lowest BCUT2D eigenvalue weighted by Crippen LogP contribution is -2.56. The number of imide groups is 1. The molecule has 6 heteroatoms. The molecule has 1 N–H and O–H groups in total. The smallest absolute Gasteiger partial charge is 0.313 e. The summed E-state index contributed by atoms with van der Waals surface area (Å²) in [5.74, 6) is 1.25. The van der Waals surface area contributed by atoms with E-state index in [1.54, 1.807) is 11.9 Å². The first-order valence-corrected chi connectivity index (χ1v) is 9.78. The van der Waals surface area contributed by atoms with Gasteiger partial charge >= 0.3 is 6.03 Å². The van der Waals surface area contributed by atoms with Gasteiger partial charge in [0.2, 0.25) is 0 Å². The van der Waals surface area contributed by atoms with Gasteiger partial charge in [-0.15, -0.1) is 0 Å². The Morgan fingerprint density at radius 2 is 1.92 bits per heavy atom. The molecule has 138 valence electrons. The van der Waals surface area contributed by atoms with Crippen molar-refractivity contribution in [3.63, 3.8) is 0 Å². The summed E-state index contributed by atoms with van der Waals surface area (Å²) in [6.45, 7) is 2.67. The number of hydrogen-bond donors (Lipinski definition) is 1. The third kappa shape index (κ3) is 2.52. The number of fused-ring (bicyclic) bond motifs is 3. The average Bonchev–Trinajstić information content (AvgIpc) is 3.23. The zero-order valence-corrected chi connectivity index (χ0v) is 15.3. The van der Waals surface area contributed by atoms with Crippen LogP contribution in [-0.2, 0) is 9.59 Å². The average molecular weight is 347 g/mol. The van der Waals surface area contributed by atoms with Crippen LogP contribution < -0.4 is 5.32 Å². The maximum absolute atomic E-state index is 13.3. The normalized spacial score (nSPS) is 41.0. The molecule has 0 aromatic rings. The van der Waals surface area contributed by atoms with E-state index in [9.17, 15) is 14.4 Å². The van der Waals surface area contributed by atoms with Gasteiger partial charge in [-0.3, -0.25) is 14.5 Å². The SMILES string of the molecule is CN1C(=O)N(CC(=O)C2CCCN2)C(=O)[C@@]1(C)[C@H]1CC2CCC1CC2. The summed E-state index contributed by atoms with van der Waals surface area (Å²) in [6.07, 6.45) is 7.68. The van der Waals surface area contributed by atoms with E-state index in [4.69, 9.17) is 0 Å². The molecule has 6 nitrogen and oxygen atoms in total. The minimum atomic E-state index is -0.787. The van der Waals surface area contributed by atoms with Crippen LogP contribution in [0.5, 0.6) is 0 Å². The van der Waals surface area contributed by atoms with Gasteiger partial charge in [-0.2, -0.15) is 0 Å². The number of carbonyl (C=O) groups excluding carboxylic acids is 3. The van der Waals surface area contributed by atoms with Crippen LogP contribution >= 0.6 is 0 Å². The van der Waals surface area contributed by atoms with Crippen LogP contribution in [-0.4, -0.2) is 59.2 Å². The monoisotopic (exact) mass is 347 g/mol. The molecule has 0 spiro atoms. The van der Waals surface area contributed by atoms with Crippen molar-refractivity contribution in [1.82, 2.24) is 15.1 Å². The van der Waals surface area contributed by atoms with E-state index in [1.807, 2.05) is 6.92 Å². The Morgan fingerprint density at radius 3 is 2.48 bits per heavy atom. The fraction of sp³-hybridized carbons (Fsp3) is 0.842. The van der Waals surface area contributed by atoms with Gasteiger partial charge in [0.1, 0.15) is 5.54 Å². The highest BCUT2D eigenvalue weighted by atomic mass is 16.2. The standard InChI is InChI=1S/C19H29N3O3/c1-19(14-10-12-5-7-13(14)8-6-12)17(24)22(18(25)21(19)2)11-16(23)15-4-3-9-20-15/h12-15,20H,3-11H2,1-2H3/t12?,13?,14-,15?,19+/m0/s1. The second-order valence-electron chi connectivity index (χ2n) is 8.62. The van der Waals surface area contributed by atoms with Crippen LogP contribution in [0.3, 0.4) is 0 Å². The predicted molar refractivity (Wildman–Crippen MR) is 92.9 cm³/mol. The Labute approximate surface area is 149 Å². The van der Waals surface area contributed by atoms with Crippen molar-refractivity contribution in [3.05, 3.63) is 0 Å². The van der Waals surface area contributed by atoms with Gasteiger partial charge in [0.15, 0.2) is 5.78 Å². The van der Waals surface area contributed by atoms with Crippen molar-refractivity contribution < 1.29 is 14.4 Å². The second kappa shape index (κ2) is 6.08. The number of nitrogens with one attached hydrogen (secondary N) is 1. The van der Waals surface area contributed by atoms with Crippen molar-refractivity contribution >= 4 is 17.7 Å². The molecule has 0 aromatic carbocycles. The van der Waals surface area contributed by atoms with E-state index >= 15 is 0 Å². The number of urea groups is 1. The molecule has 0 aromatic heterocycles. The fourth-order valence-corrected chi connectivity index (χ4v) is 5.72. The first kappa shape index (κ1) is 17.0. The lowest BCUT2D eigenvalue weighted by Gasteiger charge is -2.49. The summed E-state index contributed by atoms with van der Waals surface area (Å²) in [7, 11) is 1.74. The molecule has 3 aliphatic carbocycles. The Hall–Kier alpha value is -1.43. The van der Waals surface area contributed by atoms with Crippen LogP contribution in [0.4, 0.5) is 4.79 Å². The molecule has 2 bridgehead atoms. The third-order valence-electron chi connectivity index (χ3n) is 7.43. The summed E-state index contributed by atoms with van der Waals surface area (Å²) < 4.78 is 0. The predicted octanol–water partition coefficient (Wildman–Crippen LogP) is 1.79.